The summed E-state index contributed by atoms with van der Waals surface area (Å²) in [7, 11) is 3.73. The third-order valence-corrected chi connectivity index (χ3v) is 8.10. The van der Waals surface area contributed by atoms with Gasteiger partial charge < -0.3 is 14.2 Å². The zero-order valence-corrected chi connectivity index (χ0v) is 12.7. The Bertz CT molecular complexity index is 475. The number of fused-ring (bicyclic) bond motifs is 16. The van der Waals surface area contributed by atoms with Gasteiger partial charge in [0.2, 0.25) is 0 Å². The average Bonchev–Trinajstić information content (AvgIpc) is 3.30. The van der Waals surface area contributed by atoms with Crippen LogP contribution in [0.3, 0.4) is 0 Å². The van der Waals surface area contributed by atoms with Crippen molar-refractivity contribution in [3.8, 4) is 0 Å². The molecule has 0 aromatic carbocycles. The predicted octanol–water partition coefficient (Wildman–Crippen LogP) is 2.12. The second kappa shape index (κ2) is 3.74. The first-order chi connectivity index (χ1) is 10.3. The largest absolute Gasteiger partial charge is 0.378 e. The standard InChI is InChI=1S/C18H24O3/c1-19-15-9-6-10(16(15)20-2)14-13(9)17-11-7-3-4-8(5-7)12(11)18(14)21-17/h3-4,7-18H,5-6H2,1-2H3. The number of hydrogen-bond donors (Lipinski definition) is 0. The van der Waals surface area contributed by atoms with Crippen LogP contribution in [0.4, 0.5) is 0 Å². The van der Waals surface area contributed by atoms with Crippen LogP contribution in [-0.4, -0.2) is 38.6 Å². The zero-order valence-electron chi connectivity index (χ0n) is 12.7. The van der Waals surface area contributed by atoms with Gasteiger partial charge >= 0.3 is 0 Å². The summed E-state index contributed by atoms with van der Waals surface area (Å²) in [5.41, 5.74) is 0. The summed E-state index contributed by atoms with van der Waals surface area (Å²) in [6, 6.07) is 0. The maximum absolute atomic E-state index is 6.60. The van der Waals surface area contributed by atoms with Gasteiger partial charge in [0.05, 0.1) is 24.4 Å². The lowest BCUT2D eigenvalue weighted by Crippen LogP contribution is -2.52. The lowest BCUT2D eigenvalue weighted by Gasteiger charge is -2.45. The summed E-state index contributed by atoms with van der Waals surface area (Å²) >= 11 is 0. The highest BCUT2D eigenvalue weighted by atomic mass is 16.5. The number of allylic oxidation sites excluding steroid dienone is 2. The van der Waals surface area contributed by atoms with E-state index in [1.807, 2.05) is 14.2 Å². The molecule has 2 heterocycles. The molecule has 2 saturated heterocycles. The number of ether oxygens (including phenoxy) is 3. The molecule has 0 spiro atoms. The van der Waals surface area contributed by atoms with E-state index >= 15 is 0 Å². The van der Waals surface area contributed by atoms with E-state index in [2.05, 4.69) is 12.2 Å². The highest BCUT2D eigenvalue weighted by molar-refractivity contribution is 5.26. The molecule has 6 rings (SSSR count). The van der Waals surface area contributed by atoms with E-state index in [-0.39, 0.29) is 0 Å². The number of methoxy groups -OCH3 is 2. The predicted molar refractivity (Wildman–Crippen MR) is 76.5 cm³/mol. The SMILES string of the molecule is COC1C2CC(C1OC)C1C3OC(C4C5C=CC(C5)C34)C21. The lowest BCUT2D eigenvalue weighted by atomic mass is 9.60. The van der Waals surface area contributed by atoms with E-state index in [0.29, 0.717) is 36.3 Å². The second-order valence-electron chi connectivity index (χ2n) is 8.29. The third kappa shape index (κ3) is 1.16. The smallest absolute Gasteiger partial charge is 0.0867 e. The molecule has 0 amide bonds. The molecule has 5 fully saturated rings. The van der Waals surface area contributed by atoms with Gasteiger partial charge in [0.1, 0.15) is 0 Å². The molecule has 3 heteroatoms. The quantitative estimate of drug-likeness (QED) is 0.729. The Hall–Kier alpha value is -0.380. The molecule has 2 aliphatic heterocycles. The second-order valence-corrected chi connectivity index (χ2v) is 8.29. The molecule has 0 aromatic heterocycles. The molecule has 114 valence electrons. The first-order valence-corrected chi connectivity index (χ1v) is 8.73. The van der Waals surface area contributed by atoms with Crippen LogP contribution in [-0.2, 0) is 14.2 Å². The van der Waals surface area contributed by atoms with Crippen LogP contribution in [0.1, 0.15) is 12.8 Å². The molecule has 21 heavy (non-hydrogen) atoms. The van der Waals surface area contributed by atoms with Crippen LogP contribution >= 0.6 is 0 Å². The lowest BCUT2D eigenvalue weighted by molar-refractivity contribution is -0.103. The minimum Gasteiger partial charge on any atom is -0.378 e. The first kappa shape index (κ1) is 12.1. The fraction of sp³-hybridized carbons (Fsp3) is 0.889. The Kier molecular flexibility index (Phi) is 2.16. The van der Waals surface area contributed by atoms with Crippen molar-refractivity contribution in [2.45, 2.75) is 37.3 Å². The van der Waals surface area contributed by atoms with Crippen molar-refractivity contribution >= 4 is 0 Å². The highest BCUT2D eigenvalue weighted by Gasteiger charge is 2.74. The monoisotopic (exact) mass is 288 g/mol. The molecule has 0 aromatic rings. The van der Waals surface area contributed by atoms with Gasteiger partial charge in [-0.15, -0.1) is 0 Å². The third-order valence-electron chi connectivity index (χ3n) is 8.10. The Morgan fingerprint density at radius 3 is 1.76 bits per heavy atom. The van der Waals surface area contributed by atoms with Gasteiger partial charge in [-0.2, -0.15) is 0 Å². The van der Waals surface area contributed by atoms with E-state index in [1.165, 1.54) is 12.8 Å². The van der Waals surface area contributed by atoms with Gasteiger partial charge in [0.25, 0.3) is 0 Å². The van der Waals surface area contributed by atoms with Gasteiger partial charge in [0, 0.05) is 14.2 Å². The van der Waals surface area contributed by atoms with Gasteiger partial charge in [-0.1, -0.05) is 12.2 Å². The van der Waals surface area contributed by atoms with E-state index in [4.69, 9.17) is 14.2 Å². The van der Waals surface area contributed by atoms with E-state index in [0.717, 1.165) is 35.5 Å². The summed E-state index contributed by atoms with van der Waals surface area (Å²) in [6.07, 6.45) is 9.35. The molecule has 6 bridgehead atoms. The zero-order chi connectivity index (χ0) is 13.9. The first-order valence-electron chi connectivity index (χ1n) is 8.73. The van der Waals surface area contributed by atoms with Crippen molar-refractivity contribution in [1.82, 2.24) is 0 Å². The summed E-state index contributed by atoms with van der Waals surface area (Å²) in [4.78, 5) is 0. The van der Waals surface area contributed by atoms with Crippen LogP contribution in [0.15, 0.2) is 12.2 Å². The van der Waals surface area contributed by atoms with Crippen LogP contribution in [0.5, 0.6) is 0 Å². The number of hydrogen-bond acceptors (Lipinski definition) is 3. The van der Waals surface area contributed by atoms with Crippen molar-refractivity contribution in [3.63, 3.8) is 0 Å². The molecular weight excluding hydrogens is 264 g/mol. The normalized spacial score (nSPS) is 68.1. The summed E-state index contributed by atoms with van der Waals surface area (Å²) in [5, 5.41) is 0. The molecule has 3 nitrogen and oxygen atoms in total. The molecule has 6 aliphatic rings. The van der Waals surface area contributed by atoms with Gasteiger partial charge in [-0.05, 0) is 60.2 Å². The molecule has 12 atom stereocenters. The van der Waals surface area contributed by atoms with Gasteiger partial charge in [-0.3, -0.25) is 0 Å². The molecule has 3 saturated carbocycles. The molecular formula is C18H24O3. The minimum atomic E-state index is 0.303. The minimum absolute atomic E-state index is 0.303. The molecule has 12 unspecified atom stereocenters. The van der Waals surface area contributed by atoms with Crippen molar-refractivity contribution in [2.75, 3.05) is 14.2 Å². The summed E-state index contributed by atoms with van der Waals surface area (Å²) < 4.78 is 18.3. The van der Waals surface area contributed by atoms with E-state index < -0.39 is 0 Å². The Morgan fingerprint density at radius 1 is 0.762 bits per heavy atom. The van der Waals surface area contributed by atoms with Gasteiger partial charge in [0.15, 0.2) is 0 Å². The maximum Gasteiger partial charge on any atom is 0.0867 e. The van der Waals surface area contributed by atoms with Crippen molar-refractivity contribution in [2.24, 2.45) is 47.3 Å². The Balaban J connectivity index is 1.41. The average molecular weight is 288 g/mol. The molecule has 0 N–H and O–H groups in total. The summed E-state index contributed by atoms with van der Waals surface area (Å²) in [5.74, 6) is 6.13. The van der Waals surface area contributed by atoms with Crippen molar-refractivity contribution < 1.29 is 14.2 Å². The highest BCUT2D eigenvalue weighted by Crippen LogP contribution is 2.71. The fourth-order valence-corrected chi connectivity index (χ4v) is 7.82. The Labute approximate surface area is 126 Å². The van der Waals surface area contributed by atoms with Gasteiger partial charge in [-0.25, -0.2) is 0 Å². The van der Waals surface area contributed by atoms with Crippen molar-refractivity contribution in [3.05, 3.63) is 12.2 Å². The fourth-order valence-electron chi connectivity index (χ4n) is 7.82. The van der Waals surface area contributed by atoms with Crippen molar-refractivity contribution in [1.29, 1.82) is 0 Å². The van der Waals surface area contributed by atoms with Crippen LogP contribution in [0.2, 0.25) is 0 Å². The molecule has 0 radical (unpaired) electrons. The van der Waals surface area contributed by atoms with Crippen LogP contribution < -0.4 is 0 Å². The van der Waals surface area contributed by atoms with E-state index in [1.54, 1.807) is 0 Å². The van der Waals surface area contributed by atoms with E-state index in [9.17, 15) is 0 Å². The van der Waals surface area contributed by atoms with Crippen LogP contribution in [0, 0.1) is 47.3 Å². The maximum atomic E-state index is 6.60. The molecule has 4 aliphatic carbocycles. The Morgan fingerprint density at radius 2 is 1.29 bits per heavy atom. The van der Waals surface area contributed by atoms with Crippen LogP contribution in [0.25, 0.3) is 0 Å². The number of rotatable bonds is 2. The topological polar surface area (TPSA) is 27.7 Å². The summed E-state index contributed by atoms with van der Waals surface area (Å²) in [6.45, 7) is 0.